The van der Waals surface area contributed by atoms with Gasteiger partial charge in [0.1, 0.15) is 5.75 Å². The zero-order chi connectivity index (χ0) is 10.9. The smallest absolute Gasteiger partial charge is 0.120 e. The number of benzene rings is 1. The summed E-state index contributed by atoms with van der Waals surface area (Å²) in [7, 11) is 0. The summed E-state index contributed by atoms with van der Waals surface area (Å²) in [5, 5.41) is 9.99. The molecule has 0 bridgehead atoms. The normalized spacial score (nSPS) is 18.5. The van der Waals surface area contributed by atoms with Crippen molar-refractivity contribution in [1.29, 1.82) is 0 Å². The van der Waals surface area contributed by atoms with Gasteiger partial charge < -0.3 is 10.8 Å². The van der Waals surface area contributed by atoms with Gasteiger partial charge >= 0.3 is 0 Å². The molecule has 2 nitrogen and oxygen atoms in total. The van der Waals surface area contributed by atoms with Gasteiger partial charge in [-0.25, -0.2) is 0 Å². The van der Waals surface area contributed by atoms with Crippen LogP contribution in [0.3, 0.4) is 0 Å². The second-order valence-electron chi connectivity index (χ2n) is 4.22. The minimum atomic E-state index is 0.0566. The molecule has 1 aliphatic rings. The minimum absolute atomic E-state index is 0.0566. The maximum absolute atomic E-state index is 9.99. The predicted octanol–water partition coefficient (Wildman–Crippen LogP) is 2.49. The molecule has 3 N–H and O–H groups in total. The molecule has 0 heterocycles. The SMILES string of the molecule is CSc1ccc(C2(CN)CCC2)c(O)c1. The van der Waals surface area contributed by atoms with E-state index in [2.05, 4.69) is 6.07 Å². The van der Waals surface area contributed by atoms with E-state index in [0.29, 0.717) is 12.3 Å². The van der Waals surface area contributed by atoms with Crippen molar-refractivity contribution < 1.29 is 5.11 Å². The van der Waals surface area contributed by atoms with Gasteiger partial charge in [0.05, 0.1) is 0 Å². The first-order chi connectivity index (χ1) is 7.22. The van der Waals surface area contributed by atoms with E-state index < -0.39 is 0 Å². The first-order valence-corrected chi connectivity index (χ1v) is 6.52. The molecule has 1 saturated carbocycles. The molecule has 0 aliphatic heterocycles. The van der Waals surface area contributed by atoms with Gasteiger partial charge in [-0.2, -0.15) is 0 Å². The molecule has 15 heavy (non-hydrogen) atoms. The van der Waals surface area contributed by atoms with E-state index in [9.17, 15) is 5.11 Å². The van der Waals surface area contributed by atoms with Gasteiger partial charge in [0.15, 0.2) is 0 Å². The highest BCUT2D eigenvalue weighted by molar-refractivity contribution is 7.98. The number of thioether (sulfide) groups is 1. The Morgan fingerprint density at radius 1 is 1.47 bits per heavy atom. The first kappa shape index (κ1) is 10.8. The lowest BCUT2D eigenvalue weighted by molar-refractivity contribution is 0.245. The number of hydrogen-bond donors (Lipinski definition) is 2. The molecule has 0 aromatic heterocycles. The number of rotatable bonds is 3. The molecule has 82 valence electrons. The van der Waals surface area contributed by atoms with Crippen LogP contribution in [0.5, 0.6) is 5.75 Å². The van der Waals surface area contributed by atoms with Gasteiger partial charge in [-0.1, -0.05) is 12.5 Å². The van der Waals surface area contributed by atoms with Crippen LogP contribution in [0.15, 0.2) is 23.1 Å². The summed E-state index contributed by atoms with van der Waals surface area (Å²) in [5.41, 5.74) is 6.92. The molecule has 0 unspecified atom stereocenters. The van der Waals surface area contributed by atoms with Crippen LogP contribution in [0.4, 0.5) is 0 Å². The second kappa shape index (κ2) is 4.06. The molecule has 0 atom stereocenters. The van der Waals surface area contributed by atoms with Crippen LogP contribution in [-0.4, -0.2) is 17.9 Å². The van der Waals surface area contributed by atoms with Gasteiger partial charge in [-0.3, -0.25) is 0 Å². The highest BCUT2D eigenvalue weighted by Gasteiger charge is 2.39. The summed E-state index contributed by atoms with van der Waals surface area (Å²) < 4.78 is 0. The standard InChI is InChI=1S/C12H17NOS/c1-15-9-3-4-10(11(14)7-9)12(8-13)5-2-6-12/h3-4,7,14H,2,5-6,8,13H2,1H3. The maximum atomic E-state index is 9.99. The summed E-state index contributed by atoms with van der Waals surface area (Å²) in [6.07, 6.45) is 5.45. The fraction of sp³-hybridized carbons (Fsp3) is 0.500. The lowest BCUT2D eigenvalue weighted by Gasteiger charge is -2.41. The van der Waals surface area contributed by atoms with Gasteiger partial charge in [0.2, 0.25) is 0 Å². The van der Waals surface area contributed by atoms with Gasteiger partial charge in [0, 0.05) is 22.4 Å². The molecule has 1 aromatic carbocycles. The van der Waals surface area contributed by atoms with E-state index in [1.807, 2.05) is 18.4 Å². The fourth-order valence-electron chi connectivity index (χ4n) is 2.27. The Morgan fingerprint density at radius 3 is 2.60 bits per heavy atom. The summed E-state index contributed by atoms with van der Waals surface area (Å²) in [4.78, 5) is 1.10. The van der Waals surface area contributed by atoms with Crippen LogP contribution in [-0.2, 0) is 5.41 Å². The Labute approximate surface area is 94.9 Å². The Morgan fingerprint density at radius 2 is 2.20 bits per heavy atom. The molecule has 0 amide bonds. The van der Waals surface area contributed by atoms with Crippen molar-refractivity contribution in [3.8, 4) is 5.75 Å². The van der Waals surface area contributed by atoms with Crippen LogP contribution in [0, 0.1) is 0 Å². The van der Waals surface area contributed by atoms with E-state index in [4.69, 9.17) is 5.73 Å². The van der Waals surface area contributed by atoms with E-state index in [1.54, 1.807) is 11.8 Å². The first-order valence-electron chi connectivity index (χ1n) is 5.29. The quantitative estimate of drug-likeness (QED) is 0.774. The zero-order valence-electron chi connectivity index (χ0n) is 8.99. The van der Waals surface area contributed by atoms with Crippen molar-refractivity contribution in [2.24, 2.45) is 5.73 Å². The van der Waals surface area contributed by atoms with Crippen LogP contribution < -0.4 is 5.73 Å². The van der Waals surface area contributed by atoms with Gasteiger partial charge in [0.25, 0.3) is 0 Å². The average Bonchev–Trinajstić information content (AvgIpc) is 2.19. The van der Waals surface area contributed by atoms with Crippen molar-refractivity contribution >= 4 is 11.8 Å². The fourth-order valence-corrected chi connectivity index (χ4v) is 2.71. The van der Waals surface area contributed by atoms with E-state index in [1.165, 1.54) is 6.42 Å². The van der Waals surface area contributed by atoms with Crippen molar-refractivity contribution in [2.45, 2.75) is 29.6 Å². The monoisotopic (exact) mass is 223 g/mol. The van der Waals surface area contributed by atoms with Gasteiger partial charge in [-0.05, 0) is 31.2 Å². The zero-order valence-corrected chi connectivity index (χ0v) is 9.81. The van der Waals surface area contributed by atoms with Crippen molar-refractivity contribution in [2.75, 3.05) is 12.8 Å². The molecular formula is C12H17NOS. The number of phenolic OH excluding ortho intramolecular Hbond substituents is 1. The third kappa shape index (κ3) is 1.74. The molecule has 0 radical (unpaired) electrons. The van der Waals surface area contributed by atoms with Crippen molar-refractivity contribution in [3.63, 3.8) is 0 Å². The molecule has 0 saturated heterocycles. The summed E-state index contributed by atoms with van der Waals surface area (Å²) in [6, 6.07) is 5.94. The predicted molar refractivity (Wildman–Crippen MR) is 64.5 cm³/mol. The molecule has 0 spiro atoms. The minimum Gasteiger partial charge on any atom is -0.508 e. The van der Waals surface area contributed by atoms with Crippen LogP contribution in [0.2, 0.25) is 0 Å². The third-order valence-corrected chi connectivity index (χ3v) is 4.20. The van der Waals surface area contributed by atoms with Crippen molar-refractivity contribution in [3.05, 3.63) is 23.8 Å². The van der Waals surface area contributed by atoms with E-state index >= 15 is 0 Å². The summed E-state index contributed by atoms with van der Waals surface area (Å²) >= 11 is 1.64. The highest BCUT2D eigenvalue weighted by atomic mass is 32.2. The molecule has 2 rings (SSSR count). The second-order valence-corrected chi connectivity index (χ2v) is 5.10. The Kier molecular flexibility index (Phi) is 2.94. The van der Waals surface area contributed by atoms with E-state index in [0.717, 1.165) is 23.3 Å². The number of aromatic hydroxyl groups is 1. The average molecular weight is 223 g/mol. The lowest BCUT2D eigenvalue weighted by Crippen LogP contribution is -2.41. The number of phenols is 1. The highest BCUT2D eigenvalue weighted by Crippen LogP contribution is 2.46. The lowest BCUT2D eigenvalue weighted by atomic mass is 9.64. The van der Waals surface area contributed by atoms with Crippen molar-refractivity contribution in [1.82, 2.24) is 0 Å². The number of hydrogen-bond acceptors (Lipinski definition) is 3. The molecule has 1 aromatic rings. The third-order valence-electron chi connectivity index (χ3n) is 3.48. The molecule has 3 heteroatoms. The van der Waals surface area contributed by atoms with Crippen LogP contribution >= 0.6 is 11.8 Å². The van der Waals surface area contributed by atoms with Crippen LogP contribution in [0.1, 0.15) is 24.8 Å². The molecule has 1 aliphatic carbocycles. The maximum Gasteiger partial charge on any atom is 0.120 e. The Bertz CT molecular complexity index is 355. The molecule has 1 fully saturated rings. The summed E-state index contributed by atoms with van der Waals surface area (Å²) in [5.74, 6) is 0.409. The Hall–Kier alpha value is -0.670. The topological polar surface area (TPSA) is 46.2 Å². The van der Waals surface area contributed by atoms with E-state index in [-0.39, 0.29) is 5.41 Å². The Balaban J connectivity index is 2.36. The number of nitrogens with two attached hydrogens (primary N) is 1. The van der Waals surface area contributed by atoms with Crippen LogP contribution in [0.25, 0.3) is 0 Å². The summed E-state index contributed by atoms with van der Waals surface area (Å²) in [6.45, 7) is 0.638. The molecular weight excluding hydrogens is 206 g/mol. The largest absolute Gasteiger partial charge is 0.508 e. The van der Waals surface area contributed by atoms with Gasteiger partial charge in [-0.15, -0.1) is 11.8 Å².